The van der Waals surface area contributed by atoms with Crippen LogP contribution < -0.4 is 0 Å². The molecule has 0 spiro atoms. The highest BCUT2D eigenvalue weighted by molar-refractivity contribution is 6.33. The van der Waals surface area contributed by atoms with Gasteiger partial charge in [-0.2, -0.15) is 0 Å². The highest BCUT2D eigenvalue weighted by Crippen LogP contribution is 2.17. The van der Waals surface area contributed by atoms with E-state index in [-0.39, 0.29) is 11.5 Å². The summed E-state index contributed by atoms with van der Waals surface area (Å²) < 4.78 is 12.4. The third-order valence-corrected chi connectivity index (χ3v) is 1.42. The van der Waals surface area contributed by atoms with Crippen LogP contribution in [0.25, 0.3) is 0 Å². The Morgan fingerprint density at radius 2 is 1.92 bits per heavy atom. The number of rotatable bonds is 0. The smallest absolute Gasteiger partial charge is 0.290 e. The molecule has 1 rings (SSSR count). The normalized spacial score (nSPS) is 8.25. The largest absolute Gasteiger partial charge is 0.483 e. The first-order chi connectivity index (χ1) is 5.61. The maximum atomic E-state index is 12.4. The summed E-state index contributed by atoms with van der Waals surface area (Å²) in [5.41, 5.74) is 0. The molecule has 0 fully saturated rings. The number of hydrogen-bond donors (Lipinski definition) is 1. The third-order valence-electron chi connectivity index (χ3n) is 0.882. The van der Waals surface area contributed by atoms with Gasteiger partial charge >= 0.3 is 0 Å². The number of benzene rings is 1. The Labute approximate surface area is 78.5 Å². The van der Waals surface area contributed by atoms with Gasteiger partial charge in [0.15, 0.2) is 0 Å². The van der Waals surface area contributed by atoms with E-state index in [1.165, 1.54) is 18.2 Å². The Kier molecular flexibility index (Phi) is 5.41. The standard InChI is InChI=1S/C6H3Cl2F.CH2O2/c7-4-1-2-5(8)6(9)3-4;2-1-3/h1-3H;1H,(H,2,3). The predicted octanol–water partition coefficient (Wildman–Crippen LogP) is 2.83. The first-order valence-electron chi connectivity index (χ1n) is 2.80. The molecule has 1 N–H and O–H groups in total. The molecule has 12 heavy (non-hydrogen) atoms. The Hall–Kier alpha value is -0.800. The summed E-state index contributed by atoms with van der Waals surface area (Å²) in [6, 6.07) is 4.12. The Morgan fingerprint density at radius 1 is 1.42 bits per heavy atom. The summed E-state index contributed by atoms with van der Waals surface area (Å²) in [4.78, 5) is 8.36. The van der Waals surface area contributed by atoms with E-state index in [0.29, 0.717) is 5.02 Å². The monoisotopic (exact) mass is 210 g/mol. The van der Waals surface area contributed by atoms with Crippen LogP contribution in [0, 0.1) is 5.82 Å². The van der Waals surface area contributed by atoms with Crippen LogP contribution in [0.4, 0.5) is 4.39 Å². The van der Waals surface area contributed by atoms with Gasteiger partial charge in [0, 0.05) is 5.02 Å². The maximum Gasteiger partial charge on any atom is 0.290 e. The van der Waals surface area contributed by atoms with Gasteiger partial charge in [-0.05, 0) is 18.2 Å². The average Bonchev–Trinajstić information content (AvgIpc) is 1.99. The Morgan fingerprint density at radius 3 is 2.25 bits per heavy atom. The summed E-state index contributed by atoms with van der Waals surface area (Å²) in [5.74, 6) is -0.482. The summed E-state index contributed by atoms with van der Waals surface area (Å²) in [6.07, 6.45) is 0. The molecule has 0 aliphatic heterocycles. The van der Waals surface area contributed by atoms with E-state index in [2.05, 4.69) is 0 Å². The van der Waals surface area contributed by atoms with E-state index in [4.69, 9.17) is 33.1 Å². The zero-order valence-corrected chi connectivity index (χ0v) is 7.31. The number of halogens is 3. The van der Waals surface area contributed by atoms with E-state index in [1.807, 2.05) is 0 Å². The van der Waals surface area contributed by atoms with Crippen LogP contribution in [0.2, 0.25) is 10.0 Å². The van der Waals surface area contributed by atoms with Crippen LogP contribution in [0.1, 0.15) is 0 Å². The molecule has 0 amide bonds. The molecule has 0 unspecified atom stereocenters. The Bertz CT molecular complexity index is 266. The van der Waals surface area contributed by atoms with Gasteiger partial charge in [0.05, 0.1) is 5.02 Å². The van der Waals surface area contributed by atoms with Crippen LogP contribution in [-0.4, -0.2) is 11.6 Å². The zero-order valence-electron chi connectivity index (χ0n) is 5.80. The first-order valence-corrected chi connectivity index (χ1v) is 3.55. The lowest BCUT2D eigenvalue weighted by Gasteiger charge is -1.91. The number of carboxylic acid groups (broad SMARTS) is 1. The molecule has 0 aliphatic carbocycles. The molecule has 0 saturated heterocycles. The van der Waals surface area contributed by atoms with Crippen molar-refractivity contribution in [2.45, 2.75) is 0 Å². The minimum atomic E-state index is -0.482. The van der Waals surface area contributed by atoms with Gasteiger partial charge in [-0.15, -0.1) is 0 Å². The van der Waals surface area contributed by atoms with Gasteiger partial charge in [0.25, 0.3) is 6.47 Å². The van der Waals surface area contributed by atoms with Crippen molar-refractivity contribution in [3.05, 3.63) is 34.1 Å². The summed E-state index contributed by atoms with van der Waals surface area (Å²) in [5, 5.41) is 7.34. The number of hydrogen-bond acceptors (Lipinski definition) is 1. The lowest BCUT2D eigenvalue weighted by atomic mass is 10.3. The average molecular weight is 211 g/mol. The predicted molar refractivity (Wildman–Crippen MR) is 45.1 cm³/mol. The molecule has 0 heterocycles. The molecule has 0 radical (unpaired) electrons. The molecule has 66 valence electrons. The maximum absolute atomic E-state index is 12.4. The van der Waals surface area contributed by atoms with Crippen LogP contribution in [-0.2, 0) is 4.79 Å². The fraction of sp³-hybridized carbons (Fsp3) is 0. The van der Waals surface area contributed by atoms with Crippen molar-refractivity contribution in [2.75, 3.05) is 0 Å². The zero-order chi connectivity index (χ0) is 9.56. The van der Waals surface area contributed by atoms with Crippen molar-refractivity contribution in [1.82, 2.24) is 0 Å². The molecule has 0 atom stereocenters. The van der Waals surface area contributed by atoms with Crippen LogP contribution in [0.15, 0.2) is 18.2 Å². The second-order valence-corrected chi connectivity index (χ2v) is 2.51. The van der Waals surface area contributed by atoms with Gasteiger partial charge in [0.1, 0.15) is 5.82 Å². The van der Waals surface area contributed by atoms with E-state index in [1.54, 1.807) is 0 Å². The molecular formula is C7H5Cl2FO2. The highest BCUT2D eigenvalue weighted by atomic mass is 35.5. The van der Waals surface area contributed by atoms with Crippen LogP contribution >= 0.6 is 23.2 Å². The minimum Gasteiger partial charge on any atom is -0.483 e. The second kappa shape index (κ2) is 5.80. The van der Waals surface area contributed by atoms with Crippen molar-refractivity contribution in [2.24, 2.45) is 0 Å². The highest BCUT2D eigenvalue weighted by Gasteiger charge is 1.96. The SMILES string of the molecule is Fc1cc(Cl)ccc1Cl.O=CO. The van der Waals surface area contributed by atoms with Crippen molar-refractivity contribution in [3.63, 3.8) is 0 Å². The van der Waals surface area contributed by atoms with Gasteiger partial charge in [-0.25, -0.2) is 4.39 Å². The summed E-state index contributed by atoms with van der Waals surface area (Å²) in [6.45, 7) is -0.250. The van der Waals surface area contributed by atoms with Crippen LogP contribution in [0.3, 0.4) is 0 Å². The summed E-state index contributed by atoms with van der Waals surface area (Å²) in [7, 11) is 0. The number of carbonyl (C=O) groups is 1. The minimum absolute atomic E-state index is 0.0967. The molecule has 0 saturated carbocycles. The van der Waals surface area contributed by atoms with E-state index in [0.717, 1.165) is 0 Å². The third kappa shape index (κ3) is 4.16. The van der Waals surface area contributed by atoms with Gasteiger partial charge in [-0.1, -0.05) is 23.2 Å². The van der Waals surface area contributed by atoms with E-state index >= 15 is 0 Å². The second-order valence-electron chi connectivity index (χ2n) is 1.66. The van der Waals surface area contributed by atoms with Crippen molar-refractivity contribution >= 4 is 29.7 Å². The van der Waals surface area contributed by atoms with Gasteiger partial charge in [0.2, 0.25) is 0 Å². The van der Waals surface area contributed by atoms with Gasteiger partial charge in [-0.3, -0.25) is 4.79 Å². The van der Waals surface area contributed by atoms with Gasteiger partial charge < -0.3 is 5.11 Å². The molecule has 0 aromatic heterocycles. The lowest BCUT2D eigenvalue weighted by Crippen LogP contribution is -1.73. The van der Waals surface area contributed by atoms with E-state index in [9.17, 15) is 4.39 Å². The van der Waals surface area contributed by atoms with E-state index < -0.39 is 5.82 Å². The fourth-order valence-electron chi connectivity index (χ4n) is 0.470. The molecule has 0 aliphatic rings. The molecule has 2 nitrogen and oxygen atoms in total. The molecular weight excluding hydrogens is 206 g/mol. The quantitative estimate of drug-likeness (QED) is 0.529. The molecule has 5 heteroatoms. The molecule has 1 aromatic carbocycles. The lowest BCUT2D eigenvalue weighted by molar-refractivity contribution is -0.122. The molecule has 1 aromatic rings. The van der Waals surface area contributed by atoms with Crippen molar-refractivity contribution in [1.29, 1.82) is 0 Å². The summed E-state index contributed by atoms with van der Waals surface area (Å²) >= 11 is 10.8. The molecule has 0 bridgehead atoms. The Balaban J connectivity index is 0.000000354. The first kappa shape index (κ1) is 11.2. The van der Waals surface area contributed by atoms with Crippen LogP contribution in [0.5, 0.6) is 0 Å². The van der Waals surface area contributed by atoms with Crippen molar-refractivity contribution < 1.29 is 14.3 Å². The van der Waals surface area contributed by atoms with Crippen molar-refractivity contribution in [3.8, 4) is 0 Å². The topological polar surface area (TPSA) is 37.3 Å². The fourth-order valence-corrected chi connectivity index (χ4v) is 0.747.